The average Bonchev–Trinajstić information content (AvgIpc) is 3.31. The number of ketones is 1. The third-order valence-electron chi connectivity index (χ3n) is 6.15. The van der Waals surface area contributed by atoms with Gasteiger partial charge in [-0.25, -0.2) is 0 Å². The van der Waals surface area contributed by atoms with E-state index in [2.05, 4.69) is 88.3 Å². The van der Waals surface area contributed by atoms with Crippen molar-refractivity contribution in [3.8, 4) is 0 Å². The van der Waals surface area contributed by atoms with Gasteiger partial charge in [-0.15, -0.1) is 0 Å². The monoisotopic (exact) mass is 452 g/mol. The van der Waals surface area contributed by atoms with E-state index in [4.69, 9.17) is 0 Å². The molecule has 0 atom stereocenters. The zero-order valence-electron chi connectivity index (χ0n) is 16.0. The summed E-state index contributed by atoms with van der Waals surface area (Å²) in [4.78, 5) is 13.6. The molecule has 3 aromatic rings. The van der Waals surface area contributed by atoms with E-state index >= 15 is 0 Å². The van der Waals surface area contributed by atoms with Gasteiger partial charge in [-0.1, -0.05) is 0 Å². The molecule has 0 saturated heterocycles. The van der Waals surface area contributed by atoms with Crippen molar-refractivity contribution < 1.29 is 4.79 Å². The van der Waals surface area contributed by atoms with Crippen molar-refractivity contribution in [2.24, 2.45) is 5.92 Å². The van der Waals surface area contributed by atoms with Crippen LogP contribution in [0.2, 0.25) is 0 Å². The van der Waals surface area contributed by atoms with Crippen LogP contribution in [0.25, 0.3) is 0 Å². The number of halogens is 1. The minimum absolute atomic E-state index is 0.204. The summed E-state index contributed by atoms with van der Waals surface area (Å²) in [6, 6.07) is 31.8. The number of hydrogen-bond donors (Lipinski definition) is 0. The Morgan fingerprint density at radius 1 is 0.714 bits per heavy atom. The number of hydrogen-bond acceptors (Lipinski definition) is 1. The zero-order chi connectivity index (χ0) is 19.5. The first kappa shape index (κ1) is 19.6. The molecule has 1 saturated carbocycles. The van der Waals surface area contributed by atoms with Crippen molar-refractivity contribution in [3.05, 3.63) is 91.0 Å². The first-order valence-electron chi connectivity index (χ1n) is 10.1. The fourth-order valence-corrected chi connectivity index (χ4v) is 12.1. The Morgan fingerprint density at radius 2 is 1.07 bits per heavy atom. The molecule has 1 aliphatic rings. The summed E-state index contributed by atoms with van der Waals surface area (Å²) >= 11 is 4.37. The standard InChI is InChI=1S/C25H26BrOP/c26-28(22-14-4-1-5-15-22,23-16-6-2-7-17-23,24-18-8-3-9-19-24)20-25(27)21-12-10-11-13-21/h1-9,14-19,21H,10-13,20H2. The van der Waals surface area contributed by atoms with Gasteiger partial charge < -0.3 is 0 Å². The molecule has 1 nitrogen and oxygen atoms in total. The fourth-order valence-electron chi connectivity index (χ4n) is 4.61. The molecule has 0 radical (unpaired) electrons. The van der Waals surface area contributed by atoms with Crippen LogP contribution in [0.15, 0.2) is 91.0 Å². The van der Waals surface area contributed by atoms with E-state index in [1.54, 1.807) is 0 Å². The van der Waals surface area contributed by atoms with Crippen molar-refractivity contribution in [2.75, 3.05) is 6.16 Å². The van der Waals surface area contributed by atoms with E-state index in [0.29, 0.717) is 11.9 Å². The fraction of sp³-hybridized carbons (Fsp3) is 0.240. The Morgan fingerprint density at radius 3 is 1.43 bits per heavy atom. The van der Waals surface area contributed by atoms with Crippen molar-refractivity contribution >= 4 is 42.5 Å². The van der Waals surface area contributed by atoms with Crippen LogP contribution >= 0.6 is 20.8 Å². The minimum atomic E-state index is -3.11. The van der Waals surface area contributed by atoms with Crippen molar-refractivity contribution in [1.82, 2.24) is 0 Å². The topological polar surface area (TPSA) is 17.1 Å². The summed E-state index contributed by atoms with van der Waals surface area (Å²) in [5.74, 6) is 0.610. The number of benzene rings is 3. The summed E-state index contributed by atoms with van der Waals surface area (Å²) in [6.07, 6.45) is 4.97. The molecule has 28 heavy (non-hydrogen) atoms. The second kappa shape index (κ2) is 7.93. The molecule has 0 unspecified atom stereocenters. The van der Waals surface area contributed by atoms with Crippen molar-refractivity contribution in [3.63, 3.8) is 0 Å². The van der Waals surface area contributed by atoms with Crippen LogP contribution in [-0.2, 0) is 4.79 Å². The molecule has 0 amide bonds. The molecular formula is C25H26BrOP. The first-order valence-corrected chi connectivity index (χ1v) is 14.5. The van der Waals surface area contributed by atoms with E-state index in [0.717, 1.165) is 12.8 Å². The number of rotatable bonds is 6. The molecule has 0 bridgehead atoms. The second-order valence-electron chi connectivity index (χ2n) is 7.80. The maximum atomic E-state index is 13.6. The second-order valence-corrected chi connectivity index (χ2v) is 16.7. The third-order valence-corrected chi connectivity index (χ3v) is 15.6. The van der Waals surface area contributed by atoms with Gasteiger partial charge in [-0.2, -0.15) is 0 Å². The molecule has 3 heteroatoms. The molecule has 4 rings (SSSR count). The van der Waals surface area contributed by atoms with Crippen LogP contribution in [0, 0.1) is 5.92 Å². The first-order chi connectivity index (χ1) is 13.6. The maximum absolute atomic E-state index is 13.6. The SMILES string of the molecule is O=C(CP(Br)(c1ccccc1)(c1ccccc1)c1ccccc1)C1CCCC1. The van der Waals surface area contributed by atoms with Gasteiger partial charge in [0.1, 0.15) is 0 Å². The van der Waals surface area contributed by atoms with Crippen LogP contribution in [0.1, 0.15) is 25.7 Å². The van der Waals surface area contributed by atoms with E-state index in [9.17, 15) is 4.79 Å². The zero-order valence-corrected chi connectivity index (χ0v) is 18.5. The van der Waals surface area contributed by atoms with E-state index in [-0.39, 0.29) is 5.92 Å². The van der Waals surface area contributed by atoms with Gasteiger partial charge in [0.2, 0.25) is 0 Å². The van der Waals surface area contributed by atoms with Crippen LogP contribution in [0.3, 0.4) is 0 Å². The molecule has 0 heterocycles. The third kappa shape index (κ3) is 3.27. The van der Waals surface area contributed by atoms with E-state index in [1.807, 2.05) is 18.2 Å². The average molecular weight is 453 g/mol. The number of carbonyl (C=O) groups excluding carboxylic acids is 1. The Labute approximate surface area is 175 Å². The molecular weight excluding hydrogens is 427 g/mol. The number of Topliss-reactive ketones (excluding diaryl/α,β-unsaturated/α-hetero) is 1. The Kier molecular flexibility index (Phi) is 5.54. The molecule has 1 fully saturated rings. The molecule has 0 N–H and O–H groups in total. The van der Waals surface area contributed by atoms with Gasteiger partial charge in [0, 0.05) is 0 Å². The van der Waals surface area contributed by atoms with Gasteiger partial charge in [0.05, 0.1) is 0 Å². The van der Waals surface area contributed by atoms with E-state index in [1.165, 1.54) is 28.8 Å². The predicted molar refractivity (Wildman–Crippen MR) is 126 cm³/mol. The Balaban J connectivity index is 1.99. The summed E-state index contributed by atoms with van der Waals surface area (Å²) in [7, 11) is 0. The quantitative estimate of drug-likeness (QED) is 0.445. The molecule has 0 aliphatic heterocycles. The van der Waals surface area contributed by atoms with E-state index < -0.39 is 5.31 Å². The van der Waals surface area contributed by atoms with Crippen molar-refractivity contribution in [1.29, 1.82) is 0 Å². The molecule has 1 aliphatic carbocycles. The van der Waals surface area contributed by atoms with Crippen molar-refractivity contribution in [2.45, 2.75) is 25.7 Å². The molecule has 3 aromatic carbocycles. The van der Waals surface area contributed by atoms with Gasteiger partial charge in [0.25, 0.3) is 0 Å². The van der Waals surface area contributed by atoms with Gasteiger partial charge in [-0.05, 0) is 0 Å². The predicted octanol–water partition coefficient (Wildman–Crippen LogP) is 5.59. The Hall–Kier alpha value is -1.76. The summed E-state index contributed by atoms with van der Waals surface area (Å²) in [5, 5.41) is 0.552. The van der Waals surface area contributed by atoms with Crippen LogP contribution in [0.5, 0.6) is 0 Å². The van der Waals surface area contributed by atoms with Gasteiger partial charge in [0.15, 0.2) is 0 Å². The normalized spacial score (nSPS) is 16.4. The molecule has 0 spiro atoms. The van der Waals surface area contributed by atoms with Crippen LogP contribution in [0.4, 0.5) is 0 Å². The van der Waals surface area contributed by atoms with Crippen LogP contribution < -0.4 is 15.9 Å². The molecule has 144 valence electrons. The summed E-state index contributed by atoms with van der Waals surface area (Å²) in [6.45, 7) is 0. The Bertz CT molecular complexity index is 835. The van der Waals surface area contributed by atoms with Gasteiger partial charge >= 0.3 is 176 Å². The summed E-state index contributed by atoms with van der Waals surface area (Å²) < 4.78 is 0. The number of carbonyl (C=O) groups is 1. The summed E-state index contributed by atoms with van der Waals surface area (Å²) in [5.41, 5.74) is 0. The molecule has 0 aromatic heterocycles. The van der Waals surface area contributed by atoms with Gasteiger partial charge in [-0.3, -0.25) is 0 Å². The van der Waals surface area contributed by atoms with Crippen LogP contribution in [-0.4, -0.2) is 11.9 Å².